The summed E-state index contributed by atoms with van der Waals surface area (Å²) in [5.41, 5.74) is 1.94. The van der Waals surface area contributed by atoms with E-state index in [9.17, 15) is 0 Å². The maximum Gasteiger partial charge on any atom is 0.117 e. The molecule has 0 spiro atoms. The van der Waals surface area contributed by atoms with Gasteiger partial charge in [-0.05, 0) is 30.9 Å². The lowest BCUT2D eigenvalue weighted by Crippen LogP contribution is -2.10. The Morgan fingerprint density at radius 2 is 2.28 bits per heavy atom. The van der Waals surface area contributed by atoms with E-state index in [1.807, 2.05) is 18.3 Å². The molecule has 0 bridgehead atoms. The van der Waals surface area contributed by atoms with Gasteiger partial charge in [-0.25, -0.2) is 9.97 Å². The van der Waals surface area contributed by atoms with Gasteiger partial charge in [0.05, 0.1) is 0 Å². The summed E-state index contributed by atoms with van der Waals surface area (Å²) in [6, 6.07) is 3.90. The molecule has 3 rings (SSSR count). The quantitative estimate of drug-likeness (QED) is 0.751. The topological polar surface area (TPSA) is 43.6 Å². The van der Waals surface area contributed by atoms with Crippen LogP contribution in [0, 0.1) is 11.8 Å². The molecule has 2 heterocycles. The van der Waals surface area contributed by atoms with Crippen molar-refractivity contribution in [2.45, 2.75) is 31.7 Å². The number of aromatic nitrogens is 4. The fraction of sp³-hybridized carbons (Fsp3) is 0.357. The summed E-state index contributed by atoms with van der Waals surface area (Å²) in [5.74, 6) is 6.76. The second-order valence-corrected chi connectivity index (χ2v) is 4.46. The molecule has 90 valence electrons. The summed E-state index contributed by atoms with van der Waals surface area (Å²) < 4.78 is 1.79. The van der Waals surface area contributed by atoms with Gasteiger partial charge < -0.3 is 0 Å². The van der Waals surface area contributed by atoms with E-state index in [1.54, 1.807) is 17.2 Å². The molecule has 0 aromatic carbocycles. The van der Waals surface area contributed by atoms with Crippen molar-refractivity contribution in [3.8, 4) is 11.8 Å². The first-order chi connectivity index (χ1) is 8.92. The minimum Gasteiger partial charge on any atom is -0.261 e. The Hall–Kier alpha value is -2.15. The van der Waals surface area contributed by atoms with Crippen LogP contribution in [0.3, 0.4) is 0 Å². The molecular weight excluding hydrogens is 224 g/mol. The fourth-order valence-corrected chi connectivity index (χ4v) is 1.97. The molecular formula is C14H14N4. The second-order valence-electron chi connectivity index (χ2n) is 4.46. The van der Waals surface area contributed by atoms with Crippen LogP contribution in [0.15, 0.2) is 30.9 Å². The van der Waals surface area contributed by atoms with Crippen LogP contribution in [-0.4, -0.2) is 19.7 Å². The Morgan fingerprint density at radius 3 is 3.00 bits per heavy atom. The molecule has 1 aliphatic rings. The zero-order valence-electron chi connectivity index (χ0n) is 10.1. The van der Waals surface area contributed by atoms with Crippen molar-refractivity contribution >= 4 is 0 Å². The number of hydrogen-bond donors (Lipinski definition) is 0. The summed E-state index contributed by atoms with van der Waals surface area (Å²) in [6.07, 6.45) is 9.07. The Bertz CT molecular complexity index is 573. The highest BCUT2D eigenvalue weighted by Gasteiger charge is 2.20. The number of nitrogens with zero attached hydrogens (tertiary/aromatic N) is 4. The van der Waals surface area contributed by atoms with Crippen LogP contribution in [0.25, 0.3) is 0 Å². The highest BCUT2D eigenvalue weighted by atomic mass is 15.3. The molecule has 0 radical (unpaired) electrons. The predicted molar refractivity (Wildman–Crippen MR) is 67.7 cm³/mol. The first kappa shape index (κ1) is 11.0. The Balaban J connectivity index is 1.70. The average Bonchev–Trinajstić information content (AvgIpc) is 2.80. The summed E-state index contributed by atoms with van der Waals surface area (Å²) >= 11 is 0. The molecule has 1 fully saturated rings. The lowest BCUT2D eigenvalue weighted by molar-refractivity contribution is 0.410. The summed E-state index contributed by atoms with van der Waals surface area (Å²) in [6.45, 7) is 0.593. The van der Waals surface area contributed by atoms with Gasteiger partial charge in [-0.3, -0.25) is 4.68 Å². The third-order valence-corrected chi connectivity index (χ3v) is 3.23. The molecule has 0 atom stereocenters. The van der Waals surface area contributed by atoms with E-state index in [0.29, 0.717) is 12.5 Å². The zero-order chi connectivity index (χ0) is 12.2. The van der Waals surface area contributed by atoms with Crippen LogP contribution in [0.5, 0.6) is 0 Å². The van der Waals surface area contributed by atoms with Crippen LogP contribution in [0.1, 0.15) is 36.6 Å². The Kier molecular flexibility index (Phi) is 3.05. The lowest BCUT2D eigenvalue weighted by Gasteiger charge is -2.24. The minimum atomic E-state index is 0.593. The van der Waals surface area contributed by atoms with Crippen LogP contribution in [0.4, 0.5) is 0 Å². The van der Waals surface area contributed by atoms with E-state index in [4.69, 9.17) is 0 Å². The van der Waals surface area contributed by atoms with Gasteiger partial charge in [-0.1, -0.05) is 12.3 Å². The van der Waals surface area contributed by atoms with Gasteiger partial charge in [0.1, 0.15) is 18.6 Å². The Labute approximate surface area is 106 Å². The standard InChI is InChI=1S/C14H14N4/c1-4-12(5-1)14-10-13(15-11-16-14)6-2-8-18-9-3-7-17-18/h3,7,9-12H,1,4-5,8H2. The van der Waals surface area contributed by atoms with Crippen LogP contribution in [-0.2, 0) is 6.54 Å². The molecule has 0 amide bonds. The fourth-order valence-electron chi connectivity index (χ4n) is 1.97. The molecule has 2 aromatic heterocycles. The molecule has 1 saturated carbocycles. The lowest BCUT2D eigenvalue weighted by atomic mass is 9.83. The van der Waals surface area contributed by atoms with E-state index >= 15 is 0 Å². The smallest absolute Gasteiger partial charge is 0.117 e. The van der Waals surface area contributed by atoms with Gasteiger partial charge in [0.2, 0.25) is 0 Å². The van der Waals surface area contributed by atoms with Gasteiger partial charge >= 0.3 is 0 Å². The van der Waals surface area contributed by atoms with Crippen LogP contribution in [0.2, 0.25) is 0 Å². The second kappa shape index (κ2) is 5.01. The van der Waals surface area contributed by atoms with Crippen molar-refractivity contribution < 1.29 is 0 Å². The first-order valence-electron chi connectivity index (χ1n) is 6.20. The highest BCUT2D eigenvalue weighted by molar-refractivity contribution is 5.29. The zero-order valence-corrected chi connectivity index (χ0v) is 10.1. The van der Waals surface area contributed by atoms with Crippen LogP contribution >= 0.6 is 0 Å². The third kappa shape index (κ3) is 2.40. The van der Waals surface area contributed by atoms with E-state index < -0.39 is 0 Å². The van der Waals surface area contributed by atoms with Gasteiger partial charge in [0.15, 0.2) is 0 Å². The van der Waals surface area contributed by atoms with Crippen molar-refractivity contribution in [3.63, 3.8) is 0 Å². The summed E-state index contributed by atoms with van der Waals surface area (Å²) in [5, 5.41) is 4.10. The van der Waals surface area contributed by atoms with Gasteiger partial charge in [0, 0.05) is 24.0 Å². The van der Waals surface area contributed by atoms with Gasteiger partial charge in [0.25, 0.3) is 0 Å². The van der Waals surface area contributed by atoms with Crippen molar-refractivity contribution in [2.24, 2.45) is 0 Å². The van der Waals surface area contributed by atoms with Crippen molar-refractivity contribution in [1.82, 2.24) is 19.7 Å². The molecule has 0 N–H and O–H groups in total. The maximum absolute atomic E-state index is 4.32. The molecule has 0 aliphatic heterocycles. The monoisotopic (exact) mass is 238 g/mol. The number of hydrogen-bond acceptors (Lipinski definition) is 3. The van der Waals surface area contributed by atoms with E-state index in [0.717, 1.165) is 11.4 Å². The molecule has 1 aliphatic carbocycles. The predicted octanol–water partition coefficient (Wildman–Crippen LogP) is 1.99. The SMILES string of the molecule is C(#Cc1cc(C2CCC2)ncn1)Cn1cccn1. The normalized spacial score (nSPS) is 14.7. The van der Waals surface area contributed by atoms with Crippen molar-refractivity contribution in [3.05, 3.63) is 42.2 Å². The largest absolute Gasteiger partial charge is 0.261 e. The molecule has 0 saturated heterocycles. The van der Waals surface area contributed by atoms with Crippen LogP contribution < -0.4 is 0 Å². The average molecular weight is 238 g/mol. The molecule has 18 heavy (non-hydrogen) atoms. The molecule has 0 unspecified atom stereocenters. The van der Waals surface area contributed by atoms with Crippen molar-refractivity contribution in [2.75, 3.05) is 0 Å². The van der Waals surface area contributed by atoms with E-state index in [2.05, 4.69) is 26.9 Å². The molecule has 4 heteroatoms. The first-order valence-corrected chi connectivity index (χ1v) is 6.20. The third-order valence-electron chi connectivity index (χ3n) is 3.23. The highest BCUT2D eigenvalue weighted by Crippen LogP contribution is 2.34. The Morgan fingerprint density at radius 1 is 1.33 bits per heavy atom. The molecule has 2 aromatic rings. The van der Waals surface area contributed by atoms with E-state index in [-0.39, 0.29) is 0 Å². The summed E-state index contributed by atoms with van der Waals surface area (Å²) in [4.78, 5) is 8.51. The molecule has 4 nitrogen and oxygen atoms in total. The van der Waals surface area contributed by atoms with Crippen molar-refractivity contribution in [1.29, 1.82) is 0 Å². The minimum absolute atomic E-state index is 0.593. The summed E-state index contributed by atoms with van der Waals surface area (Å²) in [7, 11) is 0. The van der Waals surface area contributed by atoms with Gasteiger partial charge in [-0.15, -0.1) is 0 Å². The maximum atomic E-state index is 4.32. The van der Waals surface area contributed by atoms with Gasteiger partial charge in [-0.2, -0.15) is 5.10 Å². The van der Waals surface area contributed by atoms with E-state index in [1.165, 1.54) is 19.3 Å². The number of rotatable bonds is 2.